The van der Waals surface area contributed by atoms with E-state index in [0.29, 0.717) is 18.5 Å². The Balaban J connectivity index is 2.14. The molecule has 20 heavy (non-hydrogen) atoms. The first-order valence-electron chi connectivity index (χ1n) is 7.24. The number of aromatic nitrogens is 1. The Bertz CT molecular complexity index is 545. The minimum Gasteiger partial charge on any atom is -0.349 e. The van der Waals surface area contributed by atoms with Crippen molar-refractivity contribution >= 4 is 0 Å². The number of rotatable bonds is 6. The van der Waals surface area contributed by atoms with Gasteiger partial charge in [-0.05, 0) is 30.2 Å². The van der Waals surface area contributed by atoms with Gasteiger partial charge in [-0.25, -0.2) is 4.39 Å². The van der Waals surface area contributed by atoms with E-state index in [2.05, 4.69) is 38.4 Å². The Hall–Kier alpha value is -1.61. The molecule has 1 heterocycles. The minimum atomic E-state index is -0.144. The fourth-order valence-corrected chi connectivity index (χ4v) is 2.52. The Morgan fingerprint density at radius 1 is 1.20 bits per heavy atom. The molecule has 0 saturated carbocycles. The van der Waals surface area contributed by atoms with Gasteiger partial charge in [0.25, 0.3) is 0 Å². The Morgan fingerprint density at radius 2 is 1.95 bits per heavy atom. The molecule has 0 aliphatic rings. The Morgan fingerprint density at radius 3 is 2.60 bits per heavy atom. The molecule has 3 heteroatoms. The number of nitrogens with one attached hydrogen (secondary N) is 1. The number of halogens is 1. The van der Waals surface area contributed by atoms with Crippen molar-refractivity contribution < 1.29 is 4.39 Å². The molecule has 1 N–H and O–H groups in total. The monoisotopic (exact) mass is 274 g/mol. The predicted molar refractivity (Wildman–Crippen MR) is 81.2 cm³/mol. The van der Waals surface area contributed by atoms with Crippen molar-refractivity contribution in [3.63, 3.8) is 0 Å². The molecule has 0 amide bonds. The Labute approximate surface area is 120 Å². The first-order valence-corrected chi connectivity index (χ1v) is 7.24. The van der Waals surface area contributed by atoms with Crippen molar-refractivity contribution in [1.29, 1.82) is 0 Å². The lowest BCUT2D eigenvalue weighted by Crippen LogP contribution is -2.25. The van der Waals surface area contributed by atoms with Gasteiger partial charge in [-0.3, -0.25) is 0 Å². The molecule has 0 spiro atoms. The van der Waals surface area contributed by atoms with Crippen LogP contribution < -0.4 is 5.32 Å². The van der Waals surface area contributed by atoms with Gasteiger partial charge in [-0.2, -0.15) is 0 Å². The molecule has 1 aromatic heterocycles. The summed E-state index contributed by atoms with van der Waals surface area (Å²) in [5.74, 6) is 0.383. The second kappa shape index (κ2) is 6.71. The lowest BCUT2D eigenvalue weighted by atomic mass is 9.98. The summed E-state index contributed by atoms with van der Waals surface area (Å²) in [6, 6.07) is 9.41. The van der Waals surface area contributed by atoms with Crippen LogP contribution in [-0.4, -0.2) is 11.1 Å². The van der Waals surface area contributed by atoms with Crippen LogP contribution in [0.1, 0.15) is 37.9 Å². The topological polar surface area (TPSA) is 17.0 Å². The second-order valence-corrected chi connectivity index (χ2v) is 5.49. The highest BCUT2D eigenvalue weighted by Crippen LogP contribution is 2.22. The van der Waals surface area contributed by atoms with Crippen LogP contribution in [0, 0.1) is 11.7 Å². The van der Waals surface area contributed by atoms with Crippen LogP contribution in [0.4, 0.5) is 4.39 Å². The second-order valence-electron chi connectivity index (χ2n) is 5.49. The molecular weight excluding hydrogens is 251 g/mol. The van der Waals surface area contributed by atoms with Gasteiger partial charge < -0.3 is 9.88 Å². The molecule has 0 bridgehead atoms. The van der Waals surface area contributed by atoms with Crippen molar-refractivity contribution in [3.8, 4) is 0 Å². The third-order valence-electron chi connectivity index (χ3n) is 3.53. The molecule has 108 valence electrons. The average Bonchev–Trinajstić information content (AvgIpc) is 2.86. The van der Waals surface area contributed by atoms with Gasteiger partial charge in [-0.15, -0.1) is 0 Å². The van der Waals surface area contributed by atoms with Gasteiger partial charge in [0.2, 0.25) is 0 Å². The van der Waals surface area contributed by atoms with E-state index in [1.54, 1.807) is 6.07 Å². The largest absolute Gasteiger partial charge is 0.349 e. The fourth-order valence-electron chi connectivity index (χ4n) is 2.52. The van der Waals surface area contributed by atoms with E-state index in [1.165, 1.54) is 11.6 Å². The van der Waals surface area contributed by atoms with E-state index >= 15 is 0 Å². The molecule has 0 radical (unpaired) electrons. The lowest BCUT2D eigenvalue weighted by molar-refractivity contribution is 0.421. The summed E-state index contributed by atoms with van der Waals surface area (Å²) in [7, 11) is 0. The van der Waals surface area contributed by atoms with Gasteiger partial charge in [-0.1, -0.05) is 39.0 Å². The number of benzene rings is 1. The highest BCUT2D eigenvalue weighted by molar-refractivity contribution is 5.21. The van der Waals surface area contributed by atoms with Crippen LogP contribution in [-0.2, 0) is 6.54 Å². The van der Waals surface area contributed by atoms with Gasteiger partial charge in [0.1, 0.15) is 5.82 Å². The van der Waals surface area contributed by atoms with Crippen LogP contribution in [0.5, 0.6) is 0 Å². The van der Waals surface area contributed by atoms with E-state index in [-0.39, 0.29) is 5.82 Å². The van der Waals surface area contributed by atoms with Crippen molar-refractivity contribution in [2.24, 2.45) is 5.92 Å². The minimum absolute atomic E-state index is 0.144. The zero-order valence-electron chi connectivity index (χ0n) is 12.4. The van der Waals surface area contributed by atoms with Gasteiger partial charge in [0, 0.05) is 30.5 Å². The van der Waals surface area contributed by atoms with Crippen LogP contribution in [0.2, 0.25) is 0 Å². The zero-order chi connectivity index (χ0) is 14.5. The first-order chi connectivity index (χ1) is 9.61. The summed E-state index contributed by atoms with van der Waals surface area (Å²) >= 11 is 0. The maximum absolute atomic E-state index is 13.7. The molecular formula is C17H23FN2. The maximum Gasteiger partial charge on any atom is 0.128 e. The van der Waals surface area contributed by atoms with E-state index in [0.717, 1.165) is 12.1 Å². The third kappa shape index (κ3) is 3.48. The van der Waals surface area contributed by atoms with Gasteiger partial charge in [0.15, 0.2) is 0 Å². The molecule has 0 aliphatic heterocycles. The first kappa shape index (κ1) is 14.8. The lowest BCUT2D eigenvalue weighted by Gasteiger charge is -2.20. The van der Waals surface area contributed by atoms with Crippen LogP contribution >= 0.6 is 0 Å². The van der Waals surface area contributed by atoms with E-state index in [9.17, 15) is 4.39 Å². The number of nitrogens with zero attached hydrogens (tertiary/aromatic N) is 1. The molecule has 0 saturated heterocycles. The molecule has 2 nitrogen and oxygen atoms in total. The zero-order valence-corrected chi connectivity index (χ0v) is 12.4. The van der Waals surface area contributed by atoms with E-state index < -0.39 is 0 Å². The van der Waals surface area contributed by atoms with Crippen molar-refractivity contribution in [3.05, 3.63) is 59.7 Å². The summed E-state index contributed by atoms with van der Waals surface area (Å²) in [5, 5.41) is 3.50. The number of hydrogen-bond donors (Lipinski definition) is 1. The number of hydrogen-bond acceptors (Lipinski definition) is 1. The average molecular weight is 274 g/mol. The quantitative estimate of drug-likeness (QED) is 0.843. The fraction of sp³-hybridized carbons (Fsp3) is 0.412. The smallest absolute Gasteiger partial charge is 0.128 e. The van der Waals surface area contributed by atoms with Crippen LogP contribution in [0.3, 0.4) is 0 Å². The molecule has 1 unspecified atom stereocenters. The van der Waals surface area contributed by atoms with E-state index in [1.807, 2.05) is 22.9 Å². The van der Waals surface area contributed by atoms with Crippen LogP contribution in [0.15, 0.2) is 42.7 Å². The highest BCUT2D eigenvalue weighted by Gasteiger charge is 2.15. The summed E-state index contributed by atoms with van der Waals surface area (Å²) in [4.78, 5) is 0. The summed E-state index contributed by atoms with van der Waals surface area (Å²) in [6.45, 7) is 8.06. The van der Waals surface area contributed by atoms with Crippen molar-refractivity contribution in [2.45, 2.75) is 33.4 Å². The highest BCUT2D eigenvalue weighted by atomic mass is 19.1. The normalized spacial score (nSPS) is 12.8. The van der Waals surface area contributed by atoms with Crippen molar-refractivity contribution in [1.82, 2.24) is 9.88 Å². The standard InChI is InChI=1S/C17H23FN2/c1-4-19-17(13(2)3)15-9-10-20(12-15)11-14-7-5-6-8-16(14)18/h5-10,12-13,17,19H,4,11H2,1-3H3. The van der Waals surface area contributed by atoms with Crippen LogP contribution in [0.25, 0.3) is 0 Å². The summed E-state index contributed by atoms with van der Waals surface area (Å²) in [5.41, 5.74) is 1.98. The van der Waals surface area contributed by atoms with Gasteiger partial charge in [0.05, 0.1) is 0 Å². The SMILES string of the molecule is CCNC(c1ccn(Cc2ccccc2F)c1)C(C)C. The molecule has 2 aromatic rings. The van der Waals surface area contributed by atoms with Crippen molar-refractivity contribution in [2.75, 3.05) is 6.54 Å². The molecule has 2 rings (SSSR count). The molecule has 1 atom stereocenters. The Kier molecular flexibility index (Phi) is 4.96. The predicted octanol–water partition coefficient (Wildman–Crippen LogP) is 3.98. The maximum atomic E-state index is 13.7. The molecule has 0 aliphatic carbocycles. The summed E-state index contributed by atoms with van der Waals surface area (Å²) < 4.78 is 15.7. The van der Waals surface area contributed by atoms with E-state index in [4.69, 9.17) is 0 Å². The third-order valence-corrected chi connectivity index (χ3v) is 3.53. The summed E-state index contributed by atoms with van der Waals surface area (Å²) in [6.07, 6.45) is 4.13. The van der Waals surface area contributed by atoms with Gasteiger partial charge >= 0.3 is 0 Å². The molecule has 0 fully saturated rings. The molecule has 1 aromatic carbocycles.